The molecule has 1 aromatic rings. The normalized spacial score (nSPS) is 21.9. The van der Waals surface area contributed by atoms with E-state index in [4.69, 9.17) is 0 Å². The van der Waals surface area contributed by atoms with Crippen LogP contribution in [0, 0.1) is 5.92 Å². The first-order chi connectivity index (χ1) is 9.78. The molecular weight excluding hydrogens is 274 g/mol. The summed E-state index contributed by atoms with van der Waals surface area (Å²) in [5.74, 6) is 0.704. The van der Waals surface area contributed by atoms with Gasteiger partial charge in [-0.3, -0.25) is 0 Å². The summed E-state index contributed by atoms with van der Waals surface area (Å²) in [7, 11) is 0. The van der Waals surface area contributed by atoms with Gasteiger partial charge in [0.2, 0.25) is 0 Å². The van der Waals surface area contributed by atoms with E-state index in [0.29, 0.717) is 12.0 Å². The Bertz CT molecular complexity index is 460. The molecule has 1 fully saturated rings. The molecule has 0 aromatic heterocycles. The number of alkyl halides is 2. The summed E-state index contributed by atoms with van der Waals surface area (Å²) in [6.45, 7) is 7.76. The van der Waals surface area contributed by atoms with Crippen molar-refractivity contribution in [1.29, 1.82) is 0 Å². The van der Waals surface area contributed by atoms with Gasteiger partial charge in [0, 0.05) is 30.4 Å². The highest BCUT2D eigenvalue weighted by molar-refractivity contribution is 5.51. The summed E-state index contributed by atoms with van der Waals surface area (Å²) >= 11 is 0. The van der Waals surface area contributed by atoms with E-state index in [1.807, 2.05) is 12.1 Å². The lowest BCUT2D eigenvalue weighted by atomic mass is 9.92. The van der Waals surface area contributed by atoms with E-state index in [9.17, 15) is 8.78 Å². The van der Waals surface area contributed by atoms with Crippen molar-refractivity contribution in [2.45, 2.75) is 45.9 Å². The molecule has 5 heteroatoms. The summed E-state index contributed by atoms with van der Waals surface area (Å²) in [5.41, 5.74) is 1.08. The van der Waals surface area contributed by atoms with Crippen molar-refractivity contribution >= 4 is 5.69 Å². The minimum absolute atomic E-state index is 0.0313. The molecule has 0 radical (unpaired) electrons. The Hall–Kier alpha value is -1.36. The maximum Gasteiger partial charge on any atom is 0.387 e. The average molecular weight is 298 g/mol. The Labute approximate surface area is 125 Å². The molecule has 0 spiro atoms. The molecule has 1 heterocycles. The predicted molar refractivity (Wildman–Crippen MR) is 81.1 cm³/mol. The lowest BCUT2D eigenvalue weighted by molar-refractivity contribution is -0.0498. The van der Waals surface area contributed by atoms with Gasteiger partial charge >= 0.3 is 6.61 Å². The molecule has 1 aromatic carbocycles. The van der Waals surface area contributed by atoms with Crippen LogP contribution < -0.4 is 15.0 Å². The monoisotopic (exact) mass is 298 g/mol. The number of anilines is 1. The number of nitrogens with one attached hydrogen (secondary N) is 1. The van der Waals surface area contributed by atoms with Crippen LogP contribution >= 0.6 is 0 Å². The second-order valence-corrected chi connectivity index (χ2v) is 6.58. The Morgan fingerprint density at radius 2 is 1.86 bits per heavy atom. The van der Waals surface area contributed by atoms with Crippen LogP contribution in [0.3, 0.4) is 0 Å². The molecule has 0 bridgehead atoms. The SMILES string of the molecule is CC(C)C1CNC(C)(C)CN1c1ccc(OC(F)F)cc1. The van der Waals surface area contributed by atoms with E-state index in [1.165, 1.54) is 0 Å². The predicted octanol–water partition coefficient (Wildman–Crippen LogP) is 3.50. The van der Waals surface area contributed by atoms with Gasteiger partial charge in [-0.2, -0.15) is 8.78 Å². The molecule has 0 aliphatic carbocycles. The second kappa shape index (κ2) is 6.18. The third-order valence-electron chi connectivity index (χ3n) is 3.92. The van der Waals surface area contributed by atoms with Crippen LogP contribution in [-0.4, -0.2) is 31.3 Å². The third-order valence-corrected chi connectivity index (χ3v) is 3.92. The molecule has 3 nitrogen and oxygen atoms in total. The molecule has 2 rings (SSSR count). The van der Waals surface area contributed by atoms with Gasteiger partial charge in [-0.05, 0) is 44.0 Å². The molecule has 1 N–H and O–H groups in total. The molecule has 1 saturated heterocycles. The van der Waals surface area contributed by atoms with Crippen LogP contribution in [0.2, 0.25) is 0 Å². The standard InChI is InChI=1S/C16H24F2N2O/c1-11(2)14-9-19-16(3,4)10-20(14)12-5-7-13(8-6-12)21-15(17)18/h5-8,11,14-15,19H,9-10H2,1-4H3. The summed E-state index contributed by atoms with van der Waals surface area (Å²) < 4.78 is 28.8. The highest BCUT2D eigenvalue weighted by atomic mass is 19.3. The zero-order chi connectivity index (χ0) is 15.6. The zero-order valence-corrected chi connectivity index (χ0v) is 13.1. The fourth-order valence-corrected chi connectivity index (χ4v) is 2.79. The highest BCUT2D eigenvalue weighted by Crippen LogP contribution is 2.28. The highest BCUT2D eigenvalue weighted by Gasteiger charge is 2.34. The van der Waals surface area contributed by atoms with Gasteiger partial charge in [0.1, 0.15) is 5.75 Å². The molecule has 1 aliphatic rings. The Balaban J connectivity index is 2.19. The van der Waals surface area contributed by atoms with Crippen molar-refractivity contribution in [3.63, 3.8) is 0 Å². The van der Waals surface area contributed by atoms with Crippen molar-refractivity contribution in [2.75, 3.05) is 18.0 Å². The van der Waals surface area contributed by atoms with Gasteiger partial charge in [0.15, 0.2) is 0 Å². The molecule has 0 saturated carbocycles. The lowest BCUT2D eigenvalue weighted by Crippen LogP contribution is -2.63. The average Bonchev–Trinajstić information content (AvgIpc) is 2.37. The van der Waals surface area contributed by atoms with E-state index in [2.05, 4.69) is 42.6 Å². The Kier molecular flexibility index (Phi) is 4.71. The number of rotatable bonds is 4. The smallest absolute Gasteiger partial charge is 0.387 e. The van der Waals surface area contributed by atoms with Crippen LogP contribution in [0.4, 0.5) is 14.5 Å². The minimum Gasteiger partial charge on any atom is -0.435 e. The number of hydrogen-bond acceptors (Lipinski definition) is 3. The number of piperazine rings is 1. The minimum atomic E-state index is -2.78. The summed E-state index contributed by atoms with van der Waals surface area (Å²) in [6.07, 6.45) is 0. The first kappa shape index (κ1) is 16.0. The number of nitrogens with zero attached hydrogens (tertiary/aromatic N) is 1. The largest absolute Gasteiger partial charge is 0.435 e. The Morgan fingerprint density at radius 3 is 2.38 bits per heavy atom. The van der Waals surface area contributed by atoms with Gasteiger partial charge in [0.25, 0.3) is 0 Å². The van der Waals surface area contributed by atoms with Gasteiger partial charge in [-0.15, -0.1) is 0 Å². The fraction of sp³-hybridized carbons (Fsp3) is 0.625. The molecule has 1 atom stereocenters. The first-order valence-corrected chi connectivity index (χ1v) is 7.35. The third kappa shape index (κ3) is 4.06. The molecule has 118 valence electrons. The van der Waals surface area contributed by atoms with E-state index in [0.717, 1.165) is 18.8 Å². The molecule has 1 unspecified atom stereocenters. The first-order valence-electron chi connectivity index (χ1n) is 7.35. The molecular formula is C16H24F2N2O. The van der Waals surface area contributed by atoms with Crippen LogP contribution in [0.5, 0.6) is 5.75 Å². The summed E-state index contributed by atoms with van der Waals surface area (Å²) in [5, 5.41) is 3.56. The van der Waals surface area contributed by atoms with E-state index < -0.39 is 6.61 Å². The molecule has 0 amide bonds. The summed E-state index contributed by atoms with van der Waals surface area (Å²) in [4.78, 5) is 2.35. The number of benzene rings is 1. The summed E-state index contributed by atoms with van der Waals surface area (Å²) in [6, 6.07) is 7.31. The Morgan fingerprint density at radius 1 is 1.24 bits per heavy atom. The van der Waals surface area contributed by atoms with Crippen molar-refractivity contribution in [3.05, 3.63) is 24.3 Å². The molecule has 21 heavy (non-hydrogen) atoms. The maximum absolute atomic E-state index is 12.2. The van der Waals surface area contributed by atoms with Gasteiger partial charge in [0.05, 0.1) is 0 Å². The van der Waals surface area contributed by atoms with Gasteiger partial charge < -0.3 is 15.0 Å². The van der Waals surface area contributed by atoms with E-state index in [-0.39, 0.29) is 11.3 Å². The quantitative estimate of drug-likeness (QED) is 0.920. The number of halogens is 2. The fourth-order valence-electron chi connectivity index (χ4n) is 2.79. The zero-order valence-electron chi connectivity index (χ0n) is 13.1. The molecule has 1 aliphatic heterocycles. The topological polar surface area (TPSA) is 24.5 Å². The second-order valence-electron chi connectivity index (χ2n) is 6.58. The van der Waals surface area contributed by atoms with Gasteiger partial charge in [-0.25, -0.2) is 0 Å². The number of ether oxygens (including phenoxy) is 1. The van der Waals surface area contributed by atoms with Crippen LogP contribution in [0.1, 0.15) is 27.7 Å². The van der Waals surface area contributed by atoms with Gasteiger partial charge in [-0.1, -0.05) is 13.8 Å². The van der Waals surface area contributed by atoms with Crippen LogP contribution in [0.15, 0.2) is 24.3 Å². The van der Waals surface area contributed by atoms with Crippen molar-refractivity contribution in [3.8, 4) is 5.75 Å². The van der Waals surface area contributed by atoms with E-state index >= 15 is 0 Å². The lowest BCUT2D eigenvalue weighted by Gasteiger charge is -2.47. The number of hydrogen-bond donors (Lipinski definition) is 1. The maximum atomic E-state index is 12.2. The van der Waals surface area contributed by atoms with Crippen LogP contribution in [-0.2, 0) is 0 Å². The van der Waals surface area contributed by atoms with Crippen molar-refractivity contribution in [2.24, 2.45) is 5.92 Å². The van der Waals surface area contributed by atoms with Crippen LogP contribution in [0.25, 0.3) is 0 Å². The van der Waals surface area contributed by atoms with Crippen molar-refractivity contribution < 1.29 is 13.5 Å². The van der Waals surface area contributed by atoms with Crippen molar-refractivity contribution in [1.82, 2.24) is 5.32 Å². The van der Waals surface area contributed by atoms with E-state index in [1.54, 1.807) is 12.1 Å².